The maximum absolute atomic E-state index is 11.8. The molecule has 1 aliphatic rings. The summed E-state index contributed by atoms with van der Waals surface area (Å²) < 4.78 is 0. The molecule has 108 valence electrons. The van der Waals surface area contributed by atoms with Crippen molar-refractivity contribution in [1.29, 1.82) is 5.41 Å². The van der Waals surface area contributed by atoms with Crippen LogP contribution >= 0.6 is 23.1 Å². The summed E-state index contributed by atoms with van der Waals surface area (Å²) in [5, 5.41) is 11.8. The van der Waals surface area contributed by atoms with Crippen molar-refractivity contribution in [2.45, 2.75) is 0 Å². The van der Waals surface area contributed by atoms with Gasteiger partial charge in [0.05, 0.1) is 10.6 Å². The molecule has 21 heavy (non-hydrogen) atoms. The molecule has 0 saturated heterocycles. The molecule has 0 unspecified atom stereocenters. The molecule has 0 aliphatic carbocycles. The van der Waals surface area contributed by atoms with Crippen LogP contribution in [0.3, 0.4) is 0 Å². The van der Waals surface area contributed by atoms with Crippen LogP contribution in [0, 0.1) is 5.41 Å². The second kappa shape index (κ2) is 6.41. The van der Waals surface area contributed by atoms with Crippen LogP contribution in [0.4, 0.5) is 0 Å². The first kappa shape index (κ1) is 15.1. The number of hydrogen-bond donors (Lipinski definition) is 3. The summed E-state index contributed by atoms with van der Waals surface area (Å²) in [6.07, 6.45) is 0. The molecule has 1 aromatic rings. The van der Waals surface area contributed by atoms with Crippen LogP contribution in [0.15, 0.2) is 27.5 Å². The van der Waals surface area contributed by atoms with Crippen molar-refractivity contribution in [2.75, 3.05) is 5.75 Å². The number of nitrogens with two attached hydrogens (primary N) is 1. The van der Waals surface area contributed by atoms with Gasteiger partial charge >= 0.3 is 0 Å². The maximum atomic E-state index is 11.8. The molecule has 0 spiro atoms. The van der Waals surface area contributed by atoms with Gasteiger partial charge in [-0.15, -0.1) is 11.3 Å². The highest BCUT2D eigenvalue weighted by Crippen LogP contribution is 2.11. The predicted molar refractivity (Wildman–Crippen MR) is 81.0 cm³/mol. The second-order valence-electron chi connectivity index (χ2n) is 3.72. The SMILES string of the molecule is N=C1N=C(SCC(N)=O)NC(=O)C1=NC(=O)c1cccs1. The van der Waals surface area contributed by atoms with E-state index in [0.717, 1.165) is 11.8 Å². The number of nitrogens with zero attached hydrogens (tertiary/aromatic N) is 2. The van der Waals surface area contributed by atoms with Gasteiger partial charge in [-0.3, -0.25) is 25.1 Å². The second-order valence-corrected chi connectivity index (χ2v) is 5.63. The minimum Gasteiger partial charge on any atom is -0.369 e. The van der Waals surface area contributed by atoms with Gasteiger partial charge in [0, 0.05) is 0 Å². The molecule has 2 heterocycles. The third-order valence-electron chi connectivity index (χ3n) is 2.17. The standard InChI is InChI=1S/C11H9N5O3S2/c12-6(17)4-21-11-15-8(13)7(10(19)16-11)14-9(18)5-2-1-3-20-5/h1-3H,4H2,(H2,12,17)(H2,13,15,16,19). The number of rotatable bonds is 3. The van der Waals surface area contributed by atoms with E-state index in [9.17, 15) is 14.4 Å². The zero-order chi connectivity index (χ0) is 15.4. The van der Waals surface area contributed by atoms with Gasteiger partial charge in [0.25, 0.3) is 11.8 Å². The van der Waals surface area contributed by atoms with Gasteiger partial charge in [-0.1, -0.05) is 17.8 Å². The number of hydrogen-bond acceptors (Lipinski definition) is 6. The van der Waals surface area contributed by atoms with Crippen molar-refractivity contribution in [3.05, 3.63) is 22.4 Å². The minimum absolute atomic E-state index is 0.0753. The number of amidine groups is 2. The van der Waals surface area contributed by atoms with Crippen LogP contribution in [0.2, 0.25) is 0 Å². The Hall–Kier alpha value is -2.33. The van der Waals surface area contributed by atoms with E-state index in [2.05, 4.69) is 15.3 Å². The van der Waals surface area contributed by atoms with E-state index in [0.29, 0.717) is 4.88 Å². The minimum atomic E-state index is -0.716. The summed E-state index contributed by atoms with van der Waals surface area (Å²) in [5.41, 5.74) is 4.61. The molecule has 0 aromatic carbocycles. The Morgan fingerprint density at radius 2 is 2.29 bits per heavy atom. The molecule has 10 heteroatoms. The highest BCUT2D eigenvalue weighted by atomic mass is 32.2. The molecule has 3 amide bonds. The van der Waals surface area contributed by atoms with Gasteiger partial charge in [-0.2, -0.15) is 4.99 Å². The first-order valence-electron chi connectivity index (χ1n) is 5.54. The van der Waals surface area contributed by atoms with Crippen molar-refractivity contribution in [1.82, 2.24) is 5.32 Å². The average molecular weight is 323 g/mol. The normalized spacial score (nSPS) is 16.6. The van der Waals surface area contributed by atoms with Gasteiger partial charge in [-0.05, 0) is 11.4 Å². The third-order valence-corrected chi connectivity index (χ3v) is 3.92. The molecule has 0 atom stereocenters. The Morgan fingerprint density at radius 1 is 1.52 bits per heavy atom. The number of carbonyl (C=O) groups excluding carboxylic acids is 3. The Bertz CT molecular complexity index is 678. The smallest absolute Gasteiger partial charge is 0.287 e. The van der Waals surface area contributed by atoms with Gasteiger partial charge in [-0.25, -0.2) is 4.99 Å². The Labute approximate surface area is 127 Å². The molecule has 1 aromatic heterocycles. The summed E-state index contributed by atoms with van der Waals surface area (Å²) in [4.78, 5) is 42.0. The predicted octanol–water partition coefficient (Wildman–Crippen LogP) is 0.0109. The molecular formula is C11H9N5O3S2. The molecule has 4 N–H and O–H groups in total. The topological polar surface area (TPSA) is 138 Å². The molecule has 0 radical (unpaired) electrons. The van der Waals surface area contributed by atoms with E-state index in [1.807, 2.05) is 0 Å². The highest BCUT2D eigenvalue weighted by molar-refractivity contribution is 8.14. The average Bonchev–Trinajstić information content (AvgIpc) is 2.94. The maximum Gasteiger partial charge on any atom is 0.287 e. The Morgan fingerprint density at radius 3 is 2.86 bits per heavy atom. The fourth-order valence-corrected chi connectivity index (χ4v) is 2.52. The van der Waals surface area contributed by atoms with E-state index >= 15 is 0 Å². The number of nitrogens with one attached hydrogen (secondary N) is 2. The lowest BCUT2D eigenvalue weighted by Crippen LogP contribution is -2.43. The summed E-state index contributed by atoms with van der Waals surface area (Å²) in [6.45, 7) is 0. The zero-order valence-corrected chi connectivity index (χ0v) is 12.1. The van der Waals surface area contributed by atoms with Crippen molar-refractivity contribution in [3.63, 3.8) is 0 Å². The van der Waals surface area contributed by atoms with Crippen molar-refractivity contribution in [3.8, 4) is 0 Å². The highest BCUT2D eigenvalue weighted by Gasteiger charge is 2.26. The number of thiophene rings is 1. The van der Waals surface area contributed by atoms with E-state index in [1.165, 1.54) is 11.3 Å². The third kappa shape index (κ3) is 3.83. The van der Waals surface area contributed by atoms with Gasteiger partial charge in [0.15, 0.2) is 16.7 Å². The molecule has 0 bridgehead atoms. The molecule has 0 saturated carbocycles. The summed E-state index contributed by atoms with van der Waals surface area (Å²) >= 11 is 2.08. The number of primary amides is 1. The van der Waals surface area contributed by atoms with Crippen molar-refractivity contribution < 1.29 is 14.4 Å². The molecule has 0 fully saturated rings. The number of thioether (sulfide) groups is 1. The summed E-state index contributed by atoms with van der Waals surface area (Å²) in [7, 11) is 0. The monoisotopic (exact) mass is 323 g/mol. The molecular weight excluding hydrogens is 314 g/mol. The molecule has 2 rings (SSSR count). The molecule has 1 aliphatic heterocycles. The van der Waals surface area contributed by atoms with E-state index < -0.39 is 23.6 Å². The lowest BCUT2D eigenvalue weighted by Gasteiger charge is -2.13. The largest absolute Gasteiger partial charge is 0.369 e. The van der Waals surface area contributed by atoms with Gasteiger partial charge in [0.2, 0.25) is 5.91 Å². The number of aliphatic imine (C=N–C) groups is 2. The first-order chi connectivity index (χ1) is 9.97. The lowest BCUT2D eigenvalue weighted by atomic mass is 10.3. The van der Waals surface area contributed by atoms with Crippen LogP contribution in [-0.2, 0) is 9.59 Å². The van der Waals surface area contributed by atoms with E-state index in [-0.39, 0.29) is 16.6 Å². The summed E-state index contributed by atoms with van der Waals surface area (Å²) in [5.74, 6) is -2.41. The quantitative estimate of drug-likeness (QED) is 0.721. The van der Waals surface area contributed by atoms with Crippen molar-refractivity contribution >= 4 is 57.5 Å². The number of carbonyl (C=O) groups is 3. The van der Waals surface area contributed by atoms with Gasteiger partial charge < -0.3 is 5.73 Å². The van der Waals surface area contributed by atoms with Crippen LogP contribution in [0.25, 0.3) is 0 Å². The molecule has 8 nitrogen and oxygen atoms in total. The van der Waals surface area contributed by atoms with Crippen LogP contribution in [-0.4, -0.2) is 40.2 Å². The van der Waals surface area contributed by atoms with Crippen LogP contribution in [0.1, 0.15) is 9.67 Å². The Balaban J connectivity index is 2.16. The lowest BCUT2D eigenvalue weighted by molar-refractivity contribution is -0.115. The van der Waals surface area contributed by atoms with Gasteiger partial charge in [0.1, 0.15) is 0 Å². The van der Waals surface area contributed by atoms with Crippen LogP contribution < -0.4 is 11.1 Å². The van der Waals surface area contributed by atoms with E-state index in [4.69, 9.17) is 11.1 Å². The zero-order valence-electron chi connectivity index (χ0n) is 10.5. The number of amides is 3. The van der Waals surface area contributed by atoms with E-state index in [1.54, 1.807) is 17.5 Å². The Kier molecular flexibility index (Phi) is 4.60. The summed E-state index contributed by atoms with van der Waals surface area (Å²) in [6, 6.07) is 3.25. The van der Waals surface area contributed by atoms with Crippen molar-refractivity contribution in [2.24, 2.45) is 15.7 Å². The van der Waals surface area contributed by atoms with Crippen LogP contribution in [0.5, 0.6) is 0 Å². The first-order valence-corrected chi connectivity index (χ1v) is 7.40. The fraction of sp³-hybridized carbons (Fsp3) is 0.0909. The fourth-order valence-electron chi connectivity index (χ4n) is 1.31.